The summed E-state index contributed by atoms with van der Waals surface area (Å²) in [5.74, 6) is 0.726. The lowest BCUT2D eigenvalue weighted by molar-refractivity contribution is -0.142. The number of rotatable bonds is 10. The van der Waals surface area contributed by atoms with Crippen molar-refractivity contribution < 1.29 is 19.0 Å². The van der Waals surface area contributed by atoms with E-state index in [0.29, 0.717) is 29.7 Å². The van der Waals surface area contributed by atoms with Gasteiger partial charge in [-0.25, -0.2) is 0 Å². The first kappa shape index (κ1) is 20.0. The Bertz CT molecular complexity index is 591. The van der Waals surface area contributed by atoms with E-state index in [0.717, 1.165) is 19.3 Å². The zero-order valence-electron chi connectivity index (χ0n) is 15.4. The van der Waals surface area contributed by atoms with Gasteiger partial charge in [0.05, 0.1) is 11.6 Å². The number of nitrogens with one attached hydrogen (secondary N) is 1. The Morgan fingerprint density at radius 3 is 2.72 bits per heavy atom. The van der Waals surface area contributed by atoms with E-state index < -0.39 is 5.60 Å². The zero-order chi connectivity index (χ0) is 18.4. The Balaban J connectivity index is 2.04. The van der Waals surface area contributed by atoms with Crippen LogP contribution in [0.3, 0.4) is 0 Å². The Labute approximate surface area is 155 Å². The molecule has 0 saturated heterocycles. The Morgan fingerprint density at radius 2 is 2.16 bits per heavy atom. The van der Waals surface area contributed by atoms with Gasteiger partial charge in [0.15, 0.2) is 0 Å². The fourth-order valence-electron chi connectivity index (χ4n) is 2.73. The first-order valence-corrected chi connectivity index (χ1v) is 9.19. The van der Waals surface area contributed by atoms with Gasteiger partial charge in [-0.1, -0.05) is 18.5 Å². The predicted molar refractivity (Wildman–Crippen MR) is 99.4 cm³/mol. The molecule has 0 heterocycles. The molecule has 1 aromatic rings. The molecule has 2 rings (SSSR count). The van der Waals surface area contributed by atoms with Crippen molar-refractivity contribution in [3.05, 3.63) is 23.2 Å². The summed E-state index contributed by atoms with van der Waals surface area (Å²) in [6, 6.07) is 5.23. The zero-order valence-corrected chi connectivity index (χ0v) is 16.2. The van der Waals surface area contributed by atoms with Crippen molar-refractivity contribution in [1.29, 1.82) is 0 Å². The van der Waals surface area contributed by atoms with Gasteiger partial charge in [0.1, 0.15) is 17.5 Å². The molecule has 1 aliphatic carbocycles. The number of methoxy groups -OCH3 is 1. The molecule has 1 N–H and O–H groups in total. The van der Waals surface area contributed by atoms with E-state index in [1.165, 1.54) is 0 Å². The van der Waals surface area contributed by atoms with Crippen LogP contribution in [0.1, 0.15) is 40.0 Å². The standard InChI is InChI=1S/C19H28ClNO4/c1-5-10-24-19(3,14-6-7-14)18(22)21-15-8-9-17(16(20)11-15)25-13(2)12-23-4/h8-9,11,13-14H,5-7,10,12H2,1-4H3,(H,21,22). The summed E-state index contributed by atoms with van der Waals surface area (Å²) in [7, 11) is 1.62. The van der Waals surface area contributed by atoms with Crippen LogP contribution in [0.5, 0.6) is 5.75 Å². The molecule has 1 aliphatic rings. The molecule has 2 atom stereocenters. The van der Waals surface area contributed by atoms with E-state index in [1.54, 1.807) is 25.3 Å². The summed E-state index contributed by atoms with van der Waals surface area (Å²) in [5, 5.41) is 3.38. The van der Waals surface area contributed by atoms with Gasteiger partial charge in [-0.3, -0.25) is 4.79 Å². The van der Waals surface area contributed by atoms with Gasteiger partial charge in [0.25, 0.3) is 5.91 Å². The maximum Gasteiger partial charge on any atom is 0.256 e. The quantitative estimate of drug-likeness (QED) is 0.668. The topological polar surface area (TPSA) is 56.8 Å². The third kappa shape index (κ3) is 5.33. The van der Waals surface area contributed by atoms with Crippen LogP contribution in [-0.2, 0) is 14.3 Å². The van der Waals surface area contributed by atoms with E-state index in [9.17, 15) is 4.79 Å². The van der Waals surface area contributed by atoms with Crippen LogP contribution in [0.25, 0.3) is 0 Å². The SMILES string of the molecule is CCCOC(C)(C(=O)Nc1ccc(OC(C)COC)c(Cl)c1)C1CC1. The lowest BCUT2D eigenvalue weighted by Gasteiger charge is -2.28. The van der Waals surface area contributed by atoms with Crippen molar-refractivity contribution in [2.45, 2.75) is 51.7 Å². The highest BCUT2D eigenvalue weighted by Crippen LogP contribution is 2.42. The molecule has 0 spiro atoms. The lowest BCUT2D eigenvalue weighted by atomic mass is 9.98. The number of carbonyl (C=O) groups is 1. The average Bonchev–Trinajstić information content (AvgIpc) is 3.40. The molecule has 1 amide bonds. The summed E-state index contributed by atoms with van der Waals surface area (Å²) < 4.78 is 16.7. The van der Waals surface area contributed by atoms with Crippen molar-refractivity contribution in [2.75, 3.05) is 25.6 Å². The molecule has 25 heavy (non-hydrogen) atoms. The molecule has 0 bridgehead atoms. The van der Waals surface area contributed by atoms with Gasteiger partial charge in [-0.05, 0) is 57.2 Å². The Kier molecular flexibility index (Phi) is 7.11. The van der Waals surface area contributed by atoms with Crippen LogP contribution in [-0.4, -0.2) is 37.9 Å². The van der Waals surface area contributed by atoms with E-state index >= 15 is 0 Å². The fourth-order valence-corrected chi connectivity index (χ4v) is 2.96. The van der Waals surface area contributed by atoms with Crippen LogP contribution >= 0.6 is 11.6 Å². The summed E-state index contributed by atoms with van der Waals surface area (Å²) >= 11 is 6.28. The van der Waals surface area contributed by atoms with Crippen molar-refractivity contribution in [3.63, 3.8) is 0 Å². The fraction of sp³-hybridized carbons (Fsp3) is 0.632. The number of amides is 1. The van der Waals surface area contributed by atoms with Gasteiger partial charge < -0.3 is 19.5 Å². The van der Waals surface area contributed by atoms with Gasteiger partial charge in [-0.15, -0.1) is 0 Å². The highest BCUT2D eigenvalue weighted by atomic mass is 35.5. The Hall–Kier alpha value is -1.30. The molecule has 5 nitrogen and oxygen atoms in total. The van der Waals surface area contributed by atoms with Crippen LogP contribution in [0.15, 0.2) is 18.2 Å². The third-order valence-electron chi connectivity index (χ3n) is 4.33. The number of hydrogen-bond acceptors (Lipinski definition) is 4. The highest BCUT2D eigenvalue weighted by molar-refractivity contribution is 6.32. The number of carbonyl (C=O) groups excluding carboxylic acids is 1. The minimum atomic E-state index is -0.787. The summed E-state index contributed by atoms with van der Waals surface area (Å²) in [6.45, 7) is 6.87. The average molecular weight is 370 g/mol. The smallest absolute Gasteiger partial charge is 0.256 e. The monoisotopic (exact) mass is 369 g/mol. The van der Waals surface area contributed by atoms with Gasteiger partial charge in [0, 0.05) is 19.4 Å². The molecule has 0 aliphatic heterocycles. The van der Waals surface area contributed by atoms with Crippen LogP contribution in [0, 0.1) is 5.92 Å². The molecule has 1 saturated carbocycles. The number of ether oxygens (including phenoxy) is 3. The molecular formula is C19H28ClNO4. The van der Waals surface area contributed by atoms with Gasteiger partial charge in [-0.2, -0.15) is 0 Å². The third-order valence-corrected chi connectivity index (χ3v) is 4.63. The normalized spacial score (nSPS) is 17.6. The van der Waals surface area contributed by atoms with Crippen molar-refractivity contribution in [2.24, 2.45) is 5.92 Å². The minimum Gasteiger partial charge on any atom is -0.487 e. The van der Waals surface area contributed by atoms with Crippen LogP contribution in [0.4, 0.5) is 5.69 Å². The maximum atomic E-state index is 12.8. The number of benzene rings is 1. The maximum absolute atomic E-state index is 12.8. The molecule has 1 aromatic carbocycles. The Morgan fingerprint density at radius 1 is 1.44 bits per heavy atom. The van der Waals surface area contributed by atoms with Gasteiger partial charge >= 0.3 is 0 Å². The molecule has 1 fully saturated rings. The second kappa shape index (κ2) is 8.88. The molecule has 0 aromatic heterocycles. The van der Waals surface area contributed by atoms with Crippen LogP contribution < -0.4 is 10.1 Å². The summed E-state index contributed by atoms with van der Waals surface area (Å²) in [4.78, 5) is 12.8. The first-order chi connectivity index (χ1) is 11.9. The molecule has 0 radical (unpaired) electrons. The van der Waals surface area contributed by atoms with E-state index in [2.05, 4.69) is 5.32 Å². The van der Waals surface area contributed by atoms with E-state index in [4.69, 9.17) is 25.8 Å². The number of anilines is 1. The first-order valence-electron chi connectivity index (χ1n) is 8.81. The van der Waals surface area contributed by atoms with E-state index in [-0.39, 0.29) is 17.9 Å². The molecular weight excluding hydrogens is 342 g/mol. The van der Waals surface area contributed by atoms with Gasteiger partial charge in [0.2, 0.25) is 0 Å². The van der Waals surface area contributed by atoms with Crippen LogP contribution in [0.2, 0.25) is 5.02 Å². The molecule has 6 heteroatoms. The summed E-state index contributed by atoms with van der Waals surface area (Å²) in [5.41, 5.74) is -0.154. The second-order valence-corrected chi connectivity index (χ2v) is 7.12. The van der Waals surface area contributed by atoms with Crippen molar-refractivity contribution in [3.8, 4) is 5.75 Å². The van der Waals surface area contributed by atoms with Crippen molar-refractivity contribution in [1.82, 2.24) is 0 Å². The van der Waals surface area contributed by atoms with E-state index in [1.807, 2.05) is 20.8 Å². The largest absolute Gasteiger partial charge is 0.487 e. The number of hydrogen-bond donors (Lipinski definition) is 1. The lowest BCUT2D eigenvalue weighted by Crippen LogP contribution is -2.45. The molecule has 140 valence electrons. The minimum absolute atomic E-state index is 0.108. The second-order valence-electron chi connectivity index (χ2n) is 6.71. The summed E-state index contributed by atoms with van der Waals surface area (Å²) in [6.07, 6.45) is 2.83. The molecule has 2 unspecified atom stereocenters. The number of halogens is 1. The van der Waals surface area contributed by atoms with Crippen molar-refractivity contribution >= 4 is 23.2 Å². The highest BCUT2D eigenvalue weighted by Gasteiger charge is 2.48. The predicted octanol–water partition coefficient (Wildman–Crippen LogP) is 4.29.